The summed E-state index contributed by atoms with van der Waals surface area (Å²) in [4.78, 5) is 13.8. The Morgan fingerprint density at radius 2 is 2.16 bits per heavy atom. The van der Waals surface area contributed by atoms with Gasteiger partial charge >= 0.3 is 0 Å². The summed E-state index contributed by atoms with van der Waals surface area (Å²) in [7, 11) is 1.95. The third kappa shape index (κ3) is 4.78. The van der Waals surface area contributed by atoms with Crippen LogP contribution < -0.4 is 10.6 Å². The van der Waals surface area contributed by atoms with Gasteiger partial charge in [0.05, 0.1) is 6.54 Å². The van der Waals surface area contributed by atoms with Gasteiger partial charge in [-0.3, -0.25) is 9.69 Å². The fraction of sp³-hybridized carbons (Fsp3) is 0.462. The lowest BCUT2D eigenvalue weighted by Crippen LogP contribution is -2.39. The van der Waals surface area contributed by atoms with Crippen molar-refractivity contribution in [2.24, 2.45) is 0 Å². The number of anilines is 1. The molecule has 0 bridgehead atoms. The van der Waals surface area contributed by atoms with Crippen molar-refractivity contribution in [2.75, 3.05) is 32.0 Å². The van der Waals surface area contributed by atoms with Crippen LogP contribution in [0.15, 0.2) is 24.3 Å². The van der Waals surface area contributed by atoms with Gasteiger partial charge in [0, 0.05) is 18.3 Å². The van der Waals surface area contributed by atoms with Crippen LogP contribution >= 0.6 is 12.4 Å². The smallest absolute Gasteiger partial charge is 0.238 e. The zero-order valence-corrected chi connectivity index (χ0v) is 11.7. The molecule has 19 heavy (non-hydrogen) atoms. The van der Waals surface area contributed by atoms with E-state index >= 15 is 0 Å². The van der Waals surface area contributed by atoms with Crippen LogP contribution in [0.5, 0.6) is 0 Å². The van der Waals surface area contributed by atoms with E-state index < -0.39 is 0 Å². The van der Waals surface area contributed by atoms with E-state index in [0.29, 0.717) is 18.3 Å². The van der Waals surface area contributed by atoms with Crippen molar-refractivity contribution in [3.63, 3.8) is 0 Å². The molecular weight excluding hydrogens is 269 g/mol. The molecule has 0 aromatic heterocycles. The fourth-order valence-corrected chi connectivity index (χ4v) is 2.10. The summed E-state index contributed by atoms with van der Waals surface area (Å²) in [6, 6.07) is 6.21. The summed E-state index contributed by atoms with van der Waals surface area (Å²) in [5.41, 5.74) is 0.624. The van der Waals surface area contributed by atoms with Gasteiger partial charge in [-0.25, -0.2) is 4.39 Å². The first-order valence-corrected chi connectivity index (χ1v) is 6.11. The maximum atomic E-state index is 12.7. The van der Waals surface area contributed by atoms with Crippen molar-refractivity contribution in [2.45, 2.75) is 12.5 Å². The number of halogens is 2. The highest BCUT2D eigenvalue weighted by atomic mass is 35.5. The molecule has 4 nitrogen and oxygen atoms in total. The summed E-state index contributed by atoms with van der Waals surface area (Å²) in [6.07, 6.45) is 1.07. The standard InChI is InChI=1S/C13H18FN3O.ClH/c1-17(12-6-7-15-8-12)9-13(18)16-11-4-2-10(14)3-5-11;/h2-5,12,15H,6-9H2,1H3,(H,16,18);1H. The number of likely N-dealkylation sites (N-methyl/N-ethyl adjacent to an activating group) is 1. The normalized spacial score (nSPS) is 18.2. The number of nitrogens with one attached hydrogen (secondary N) is 2. The van der Waals surface area contributed by atoms with E-state index in [9.17, 15) is 9.18 Å². The van der Waals surface area contributed by atoms with Gasteiger partial charge in [0.1, 0.15) is 5.82 Å². The van der Waals surface area contributed by atoms with Crippen LogP contribution in [0.4, 0.5) is 10.1 Å². The van der Waals surface area contributed by atoms with Gasteiger partial charge in [0.25, 0.3) is 0 Å². The third-order valence-electron chi connectivity index (χ3n) is 3.18. The van der Waals surface area contributed by atoms with Crippen LogP contribution in [0.1, 0.15) is 6.42 Å². The van der Waals surface area contributed by atoms with E-state index in [-0.39, 0.29) is 24.1 Å². The number of carbonyl (C=O) groups is 1. The number of hydrogen-bond donors (Lipinski definition) is 2. The highest BCUT2D eigenvalue weighted by Gasteiger charge is 2.20. The van der Waals surface area contributed by atoms with Crippen molar-refractivity contribution in [1.29, 1.82) is 0 Å². The molecule has 1 heterocycles. The second-order valence-corrected chi connectivity index (χ2v) is 4.62. The lowest BCUT2D eigenvalue weighted by Gasteiger charge is -2.22. The third-order valence-corrected chi connectivity index (χ3v) is 3.18. The summed E-state index contributed by atoms with van der Waals surface area (Å²) < 4.78 is 12.7. The van der Waals surface area contributed by atoms with Gasteiger partial charge in [-0.1, -0.05) is 0 Å². The molecule has 0 radical (unpaired) electrons. The van der Waals surface area contributed by atoms with Crippen molar-refractivity contribution in [1.82, 2.24) is 10.2 Å². The second kappa shape index (κ2) is 7.43. The van der Waals surface area contributed by atoms with E-state index in [1.165, 1.54) is 12.1 Å². The Kier molecular flexibility index (Phi) is 6.21. The first kappa shape index (κ1) is 15.9. The van der Waals surface area contributed by atoms with Gasteiger partial charge < -0.3 is 10.6 Å². The van der Waals surface area contributed by atoms with Crippen LogP contribution in [0, 0.1) is 5.82 Å². The van der Waals surface area contributed by atoms with E-state index in [1.54, 1.807) is 12.1 Å². The van der Waals surface area contributed by atoms with Crippen LogP contribution in [0.3, 0.4) is 0 Å². The minimum atomic E-state index is -0.304. The molecule has 2 rings (SSSR count). The Morgan fingerprint density at radius 1 is 1.47 bits per heavy atom. The quantitative estimate of drug-likeness (QED) is 0.882. The summed E-state index contributed by atoms with van der Waals surface area (Å²) in [5, 5.41) is 6.02. The number of benzene rings is 1. The molecule has 1 atom stereocenters. The highest BCUT2D eigenvalue weighted by Crippen LogP contribution is 2.09. The van der Waals surface area contributed by atoms with Gasteiger partial charge in [-0.15, -0.1) is 12.4 Å². The van der Waals surface area contributed by atoms with Crippen molar-refractivity contribution in [3.8, 4) is 0 Å². The Morgan fingerprint density at radius 3 is 2.74 bits per heavy atom. The molecule has 1 saturated heterocycles. The Labute approximate surface area is 118 Å². The lowest BCUT2D eigenvalue weighted by atomic mass is 10.2. The molecule has 0 saturated carbocycles. The second-order valence-electron chi connectivity index (χ2n) is 4.62. The number of hydrogen-bond acceptors (Lipinski definition) is 3. The van der Waals surface area contributed by atoms with Gasteiger partial charge in [0.15, 0.2) is 0 Å². The Hall–Kier alpha value is -1.17. The Balaban J connectivity index is 0.00000180. The molecule has 1 aromatic rings. The topological polar surface area (TPSA) is 44.4 Å². The molecule has 1 aromatic carbocycles. The molecule has 1 fully saturated rings. The van der Waals surface area contributed by atoms with Gasteiger partial charge in [-0.2, -0.15) is 0 Å². The molecular formula is C13H19ClFN3O. The summed E-state index contributed by atoms with van der Waals surface area (Å²) in [6.45, 7) is 2.29. The van der Waals surface area contributed by atoms with Crippen LogP contribution in [-0.4, -0.2) is 43.5 Å². The van der Waals surface area contributed by atoms with Crippen LogP contribution in [-0.2, 0) is 4.79 Å². The lowest BCUT2D eigenvalue weighted by molar-refractivity contribution is -0.117. The SMILES string of the molecule is CN(CC(=O)Nc1ccc(F)cc1)C1CCNC1.Cl. The molecule has 1 unspecified atom stereocenters. The van der Waals surface area contributed by atoms with Crippen molar-refractivity contribution < 1.29 is 9.18 Å². The first-order valence-electron chi connectivity index (χ1n) is 6.11. The zero-order valence-electron chi connectivity index (χ0n) is 10.9. The summed E-state index contributed by atoms with van der Waals surface area (Å²) in [5.74, 6) is -0.377. The molecule has 1 aliphatic heterocycles. The molecule has 1 amide bonds. The molecule has 2 N–H and O–H groups in total. The molecule has 106 valence electrons. The predicted octanol–water partition coefficient (Wildman–Crippen LogP) is 1.48. The number of amides is 1. The molecule has 0 spiro atoms. The monoisotopic (exact) mass is 287 g/mol. The maximum absolute atomic E-state index is 12.7. The average Bonchev–Trinajstić information content (AvgIpc) is 2.85. The maximum Gasteiger partial charge on any atom is 0.238 e. The van der Waals surface area contributed by atoms with Gasteiger partial charge in [-0.05, 0) is 44.3 Å². The number of nitrogens with zero attached hydrogens (tertiary/aromatic N) is 1. The van der Waals surface area contributed by atoms with E-state index in [0.717, 1.165) is 19.5 Å². The minimum absolute atomic E-state index is 0. The predicted molar refractivity (Wildman–Crippen MR) is 76.2 cm³/mol. The molecule has 0 aliphatic carbocycles. The number of rotatable bonds is 4. The zero-order chi connectivity index (χ0) is 13.0. The van der Waals surface area contributed by atoms with Crippen LogP contribution in [0.25, 0.3) is 0 Å². The fourth-order valence-electron chi connectivity index (χ4n) is 2.10. The largest absolute Gasteiger partial charge is 0.325 e. The van der Waals surface area contributed by atoms with E-state index in [4.69, 9.17) is 0 Å². The molecule has 1 aliphatic rings. The van der Waals surface area contributed by atoms with Crippen molar-refractivity contribution in [3.05, 3.63) is 30.1 Å². The Bertz CT molecular complexity index is 407. The first-order chi connectivity index (χ1) is 8.65. The highest BCUT2D eigenvalue weighted by molar-refractivity contribution is 5.92. The minimum Gasteiger partial charge on any atom is -0.325 e. The average molecular weight is 288 g/mol. The van der Waals surface area contributed by atoms with Crippen molar-refractivity contribution >= 4 is 24.0 Å². The van der Waals surface area contributed by atoms with E-state index in [1.807, 2.05) is 11.9 Å². The van der Waals surface area contributed by atoms with E-state index in [2.05, 4.69) is 10.6 Å². The number of carbonyl (C=O) groups excluding carboxylic acids is 1. The summed E-state index contributed by atoms with van der Waals surface area (Å²) >= 11 is 0. The van der Waals surface area contributed by atoms with Gasteiger partial charge in [0.2, 0.25) is 5.91 Å². The van der Waals surface area contributed by atoms with Crippen LogP contribution in [0.2, 0.25) is 0 Å². The molecule has 6 heteroatoms.